The quantitative estimate of drug-likeness (QED) is 0.178. The molecule has 2 aromatic heterocycles. The molecule has 0 aliphatic carbocycles. The van der Waals surface area contributed by atoms with E-state index in [2.05, 4.69) is 191 Å². The van der Waals surface area contributed by atoms with Crippen molar-refractivity contribution in [3.63, 3.8) is 0 Å². The first-order chi connectivity index (χ1) is 25.3. The normalized spacial score (nSPS) is 11.5. The molecule has 3 nitrogen and oxygen atoms in total. The van der Waals surface area contributed by atoms with E-state index in [-0.39, 0.29) is 0 Å². The van der Waals surface area contributed by atoms with Gasteiger partial charge < -0.3 is 13.9 Å². The lowest BCUT2D eigenvalue weighted by molar-refractivity contribution is 0.668. The lowest BCUT2D eigenvalue weighted by Gasteiger charge is -2.26. The zero-order valence-electron chi connectivity index (χ0n) is 27.8. The van der Waals surface area contributed by atoms with Crippen molar-refractivity contribution < 1.29 is 4.42 Å². The first kappa shape index (κ1) is 29.1. The largest absolute Gasteiger partial charge is 0.456 e. The highest BCUT2D eigenvalue weighted by Crippen LogP contribution is 2.41. The molecule has 0 aliphatic rings. The standard InChI is InChI=1S/C48H32N2O/c1-3-11-33(12-4-1)35-19-23-37(24-20-35)49(38-25-21-36(22-26-38)34-13-5-2-6-14-34)39-28-30-46-44(31-39)41-15-7-9-17-45(41)50(46)40-27-29-43-42-16-8-10-18-47(42)51-48(43)32-40/h1-32H. The third-order valence-electron chi connectivity index (χ3n) is 10.0. The molecule has 0 saturated carbocycles. The number of anilines is 3. The van der Waals surface area contributed by atoms with Crippen LogP contribution < -0.4 is 4.90 Å². The van der Waals surface area contributed by atoms with Gasteiger partial charge in [0, 0.05) is 50.4 Å². The lowest BCUT2D eigenvalue weighted by Crippen LogP contribution is -2.10. The molecule has 10 aromatic rings. The SMILES string of the molecule is c1ccc(-c2ccc(N(c3ccc(-c4ccccc4)cc3)c3ccc4c(c3)c3ccccc3n4-c3ccc4c(c3)oc3ccccc34)cc2)cc1. The summed E-state index contributed by atoms with van der Waals surface area (Å²) < 4.78 is 8.67. The first-order valence-electron chi connectivity index (χ1n) is 17.3. The van der Waals surface area contributed by atoms with Crippen LogP contribution in [0.25, 0.3) is 71.7 Å². The van der Waals surface area contributed by atoms with Crippen LogP contribution in [0.15, 0.2) is 199 Å². The number of hydrogen-bond donors (Lipinski definition) is 0. The van der Waals surface area contributed by atoms with Crippen molar-refractivity contribution in [1.29, 1.82) is 0 Å². The van der Waals surface area contributed by atoms with Crippen LogP contribution in [-0.2, 0) is 0 Å². The van der Waals surface area contributed by atoms with E-state index in [4.69, 9.17) is 4.42 Å². The van der Waals surface area contributed by atoms with E-state index >= 15 is 0 Å². The molecular formula is C48H32N2O. The molecule has 0 unspecified atom stereocenters. The molecule has 0 radical (unpaired) electrons. The van der Waals surface area contributed by atoms with E-state index in [1.807, 2.05) is 12.1 Å². The maximum absolute atomic E-state index is 6.32. The Labute approximate surface area is 295 Å². The molecule has 0 N–H and O–H groups in total. The average Bonchev–Trinajstić information content (AvgIpc) is 3.74. The Hall–Kier alpha value is -6.84. The highest BCUT2D eigenvalue weighted by molar-refractivity contribution is 6.11. The van der Waals surface area contributed by atoms with Gasteiger partial charge in [-0.1, -0.05) is 121 Å². The Balaban J connectivity index is 1.13. The van der Waals surface area contributed by atoms with Gasteiger partial charge in [-0.3, -0.25) is 0 Å². The highest BCUT2D eigenvalue weighted by Gasteiger charge is 2.18. The third kappa shape index (κ3) is 4.98. The van der Waals surface area contributed by atoms with E-state index in [0.717, 1.165) is 55.7 Å². The van der Waals surface area contributed by atoms with Gasteiger partial charge >= 0.3 is 0 Å². The minimum Gasteiger partial charge on any atom is -0.456 e. The Morgan fingerprint density at radius 1 is 0.333 bits per heavy atom. The Kier molecular flexibility index (Phi) is 6.81. The van der Waals surface area contributed by atoms with Crippen LogP contribution in [0.2, 0.25) is 0 Å². The maximum Gasteiger partial charge on any atom is 0.137 e. The van der Waals surface area contributed by atoms with Crippen LogP contribution in [0.1, 0.15) is 0 Å². The van der Waals surface area contributed by atoms with Gasteiger partial charge in [0.25, 0.3) is 0 Å². The lowest BCUT2D eigenvalue weighted by atomic mass is 10.0. The predicted molar refractivity (Wildman–Crippen MR) is 214 cm³/mol. The van der Waals surface area contributed by atoms with E-state index in [0.29, 0.717) is 0 Å². The summed E-state index contributed by atoms with van der Waals surface area (Å²) in [7, 11) is 0. The summed E-state index contributed by atoms with van der Waals surface area (Å²) in [4.78, 5) is 2.36. The number of hydrogen-bond acceptors (Lipinski definition) is 2. The fourth-order valence-electron chi connectivity index (χ4n) is 7.55. The van der Waals surface area contributed by atoms with Crippen LogP contribution in [0, 0.1) is 0 Å². The minimum absolute atomic E-state index is 0.889. The summed E-state index contributed by atoms with van der Waals surface area (Å²) in [5, 5.41) is 4.67. The van der Waals surface area contributed by atoms with Crippen molar-refractivity contribution in [2.24, 2.45) is 0 Å². The van der Waals surface area contributed by atoms with Gasteiger partial charge in [-0.05, 0) is 89.0 Å². The minimum atomic E-state index is 0.889. The van der Waals surface area contributed by atoms with Crippen molar-refractivity contribution in [3.8, 4) is 27.9 Å². The van der Waals surface area contributed by atoms with E-state index in [1.54, 1.807) is 0 Å². The number of para-hydroxylation sites is 2. The van der Waals surface area contributed by atoms with Crippen molar-refractivity contribution in [2.45, 2.75) is 0 Å². The molecule has 3 heteroatoms. The van der Waals surface area contributed by atoms with Crippen LogP contribution >= 0.6 is 0 Å². The Morgan fingerprint density at radius 3 is 1.51 bits per heavy atom. The third-order valence-corrected chi connectivity index (χ3v) is 10.0. The topological polar surface area (TPSA) is 21.3 Å². The molecule has 10 rings (SSSR count). The van der Waals surface area contributed by atoms with Crippen molar-refractivity contribution in [2.75, 3.05) is 4.90 Å². The first-order valence-corrected chi connectivity index (χ1v) is 17.3. The number of benzene rings is 8. The molecule has 0 spiro atoms. The van der Waals surface area contributed by atoms with Gasteiger partial charge in [0.1, 0.15) is 11.2 Å². The van der Waals surface area contributed by atoms with Gasteiger partial charge in [-0.15, -0.1) is 0 Å². The fraction of sp³-hybridized carbons (Fsp3) is 0. The number of aromatic nitrogens is 1. The maximum atomic E-state index is 6.32. The molecule has 0 bridgehead atoms. The zero-order chi connectivity index (χ0) is 33.7. The molecule has 0 aliphatic heterocycles. The van der Waals surface area contributed by atoms with Crippen molar-refractivity contribution in [3.05, 3.63) is 194 Å². The molecule has 0 atom stereocenters. The summed E-state index contributed by atoms with van der Waals surface area (Å²) in [6, 6.07) is 69.2. The van der Waals surface area contributed by atoms with Gasteiger partial charge in [0.2, 0.25) is 0 Å². The summed E-state index contributed by atoms with van der Waals surface area (Å²) in [6.07, 6.45) is 0. The summed E-state index contributed by atoms with van der Waals surface area (Å²) >= 11 is 0. The molecule has 240 valence electrons. The second-order valence-electron chi connectivity index (χ2n) is 13.0. The molecule has 0 amide bonds. The van der Waals surface area contributed by atoms with Gasteiger partial charge in [-0.25, -0.2) is 0 Å². The fourth-order valence-corrected chi connectivity index (χ4v) is 7.55. The summed E-state index contributed by atoms with van der Waals surface area (Å²) in [6.45, 7) is 0. The predicted octanol–water partition coefficient (Wildman–Crippen LogP) is 13.5. The van der Waals surface area contributed by atoms with E-state index < -0.39 is 0 Å². The van der Waals surface area contributed by atoms with Crippen LogP contribution in [0.3, 0.4) is 0 Å². The average molecular weight is 653 g/mol. The number of furan rings is 1. The Morgan fingerprint density at radius 2 is 0.843 bits per heavy atom. The van der Waals surface area contributed by atoms with Gasteiger partial charge in [0.05, 0.1) is 11.0 Å². The van der Waals surface area contributed by atoms with E-state index in [9.17, 15) is 0 Å². The molecule has 8 aromatic carbocycles. The summed E-state index contributed by atoms with van der Waals surface area (Å²) in [5.74, 6) is 0. The van der Waals surface area contributed by atoms with Crippen LogP contribution in [-0.4, -0.2) is 4.57 Å². The molecule has 2 heterocycles. The molecular weight excluding hydrogens is 621 g/mol. The van der Waals surface area contributed by atoms with Gasteiger partial charge in [-0.2, -0.15) is 0 Å². The van der Waals surface area contributed by atoms with Crippen LogP contribution in [0.4, 0.5) is 17.1 Å². The number of rotatable bonds is 6. The molecule has 0 saturated heterocycles. The summed E-state index contributed by atoms with van der Waals surface area (Å²) in [5.41, 5.74) is 13.3. The van der Waals surface area contributed by atoms with Gasteiger partial charge in [0.15, 0.2) is 0 Å². The number of nitrogens with zero attached hydrogens (tertiary/aromatic N) is 2. The number of fused-ring (bicyclic) bond motifs is 6. The second kappa shape index (κ2) is 11.9. The highest BCUT2D eigenvalue weighted by atomic mass is 16.3. The molecule has 0 fully saturated rings. The monoisotopic (exact) mass is 652 g/mol. The zero-order valence-corrected chi connectivity index (χ0v) is 27.8. The molecule has 51 heavy (non-hydrogen) atoms. The van der Waals surface area contributed by atoms with E-state index in [1.165, 1.54) is 33.0 Å². The Bertz CT molecular complexity index is 2750. The van der Waals surface area contributed by atoms with Crippen molar-refractivity contribution in [1.82, 2.24) is 4.57 Å². The second-order valence-corrected chi connectivity index (χ2v) is 13.0. The van der Waals surface area contributed by atoms with Crippen LogP contribution in [0.5, 0.6) is 0 Å². The van der Waals surface area contributed by atoms with Crippen molar-refractivity contribution >= 4 is 60.8 Å². The smallest absolute Gasteiger partial charge is 0.137 e.